The lowest BCUT2D eigenvalue weighted by Crippen LogP contribution is -2.30. The first kappa shape index (κ1) is 33.2. The first-order valence-electron chi connectivity index (χ1n) is 16.7. The van der Waals surface area contributed by atoms with E-state index in [1.54, 1.807) is 23.2 Å². The molecule has 0 aliphatic rings. The highest BCUT2D eigenvalue weighted by atomic mass is 16.5. The number of ether oxygens (including phenoxy) is 1. The van der Waals surface area contributed by atoms with Crippen LogP contribution in [-0.4, -0.2) is 27.2 Å². The Morgan fingerprint density at radius 1 is 0.755 bits per heavy atom. The summed E-state index contributed by atoms with van der Waals surface area (Å²) in [6.07, 6.45) is 5.94. The van der Waals surface area contributed by atoms with Gasteiger partial charge in [0.25, 0.3) is 5.56 Å². The van der Waals surface area contributed by atoms with Gasteiger partial charge in [-0.05, 0) is 76.1 Å². The van der Waals surface area contributed by atoms with Crippen LogP contribution in [0.2, 0.25) is 0 Å². The molecule has 6 rings (SSSR count). The van der Waals surface area contributed by atoms with Gasteiger partial charge in [-0.25, -0.2) is 9.78 Å². The molecule has 49 heavy (non-hydrogen) atoms. The van der Waals surface area contributed by atoms with Crippen molar-refractivity contribution in [2.75, 3.05) is 17.2 Å². The third kappa shape index (κ3) is 7.54. The van der Waals surface area contributed by atoms with Crippen LogP contribution in [0.5, 0.6) is 5.75 Å². The largest absolute Gasteiger partial charge is 0.493 e. The predicted molar refractivity (Wildman–Crippen MR) is 198 cm³/mol. The third-order valence-corrected chi connectivity index (χ3v) is 8.59. The lowest BCUT2D eigenvalue weighted by Gasteiger charge is -2.22. The normalized spacial score (nSPS) is 11.2. The van der Waals surface area contributed by atoms with Gasteiger partial charge in [0.1, 0.15) is 17.1 Å². The quantitative estimate of drug-likeness (QED) is 0.146. The van der Waals surface area contributed by atoms with E-state index in [1.165, 1.54) is 0 Å². The zero-order valence-electron chi connectivity index (χ0n) is 28.3. The van der Waals surface area contributed by atoms with Crippen LogP contribution in [-0.2, 0) is 13.0 Å². The minimum absolute atomic E-state index is 0.163. The van der Waals surface area contributed by atoms with Crippen LogP contribution in [0, 0.1) is 0 Å². The molecular weight excluding hydrogens is 610 g/mol. The van der Waals surface area contributed by atoms with Crippen molar-refractivity contribution in [3.8, 4) is 16.9 Å². The van der Waals surface area contributed by atoms with Crippen LogP contribution in [0.15, 0.2) is 120 Å². The lowest BCUT2D eigenvalue weighted by atomic mass is 9.93. The standard InChI is InChI=1S/C41H41N5O3/c1-27(2)33-15-9-16-34(28(3)4)37(33)44-41(48)45-38-36(31-13-8-14-32(25-31)49-24-20-29-18-22-42-23-19-29)35-17-10-21-43-39(35)46(40(38)47)26-30-11-6-5-7-12-30/h5-19,21-23,25,27-28H,20,24,26H2,1-4H3,(H2,44,45,48). The van der Waals surface area contributed by atoms with Crippen molar-refractivity contribution in [1.29, 1.82) is 0 Å². The fraction of sp³-hybridized carbons (Fsp3) is 0.220. The first-order chi connectivity index (χ1) is 23.8. The molecule has 0 radical (unpaired) electrons. The molecule has 0 aliphatic heterocycles. The number of nitrogens with one attached hydrogen (secondary N) is 2. The first-order valence-corrected chi connectivity index (χ1v) is 16.7. The van der Waals surface area contributed by atoms with Gasteiger partial charge in [0.15, 0.2) is 0 Å². The van der Waals surface area contributed by atoms with Gasteiger partial charge in [0.05, 0.1) is 13.2 Å². The van der Waals surface area contributed by atoms with Gasteiger partial charge in [-0.1, -0.05) is 88.4 Å². The molecule has 3 aromatic heterocycles. The molecule has 6 aromatic rings. The number of amides is 2. The number of nitrogens with zero attached hydrogens (tertiary/aromatic N) is 3. The second-order valence-corrected chi connectivity index (χ2v) is 12.7. The Morgan fingerprint density at radius 3 is 2.16 bits per heavy atom. The summed E-state index contributed by atoms with van der Waals surface area (Å²) < 4.78 is 7.79. The van der Waals surface area contributed by atoms with E-state index in [2.05, 4.69) is 48.3 Å². The Hall–Kier alpha value is -5.76. The molecule has 0 unspecified atom stereocenters. The Labute approximate surface area is 286 Å². The SMILES string of the molecule is CC(C)c1cccc(C(C)C)c1NC(=O)Nc1c(-c2cccc(OCCc3ccncc3)c2)c2cccnc2n(Cc2ccccc2)c1=O. The summed E-state index contributed by atoms with van der Waals surface area (Å²) in [5.41, 5.74) is 6.53. The van der Waals surface area contributed by atoms with Crippen LogP contribution < -0.4 is 20.9 Å². The number of aromatic nitrogens is 3. The Balaban J connectivity index is 1.44. The van der Waals surface area contributed by atoms with Crippen molar-refractivity contribution in [3.63, 3.8) is 0 Å². The predicted octanol–water partition coefficient (Wildman–Crippen LogP) is 9.02. The van der Waals surface area contributed by atoms with E-state index in [0.717, 1.165) is 45.3 Å². The number of fused-ring (bicyclic) bond motifs is 1. The van der Waals surface area contributed by atoms with Crippen LogP contribution in [0.1, 0.15) is 61.8 Å². The highest BCUT2D eigenvalue weighted by Crippen LogP contribution is 2.36. The zero-order chi connectivity index (χ0) is 34.3. The number of anilines is 2. The number of hydrogen-bond donors (Lipinski definition) is 2. The topological polar surface area (TPSA) is 98.1 Å². The summed E-state index contributed by atoms with van der Waals surface area (Å²) in [6, 6.07) is 30.7. The molecule has 248 valence electrons. The molecule has 2 N–H and O–H groups in total. The second kappa shape index (κ2) is 15.0. The number of hydrogen-bond acceptors (Lipinski definition) is 5. The molecule has 0 fully saturated rings. The summed E-state index contributed by atoms with van der Waals surface area (Å²) >= 11 is 0. The summed E-state index contributed by atoms with van der Waals surface area (Å²) in [6.45, 7) is 9.17. The third-order valence-electron chi connectivity index (χ3n) is 8.59. The molecule has 2 amide bonds. The Bertz CT molecular complexity index is 2100. The van der Waals surface area contributed by atoms with Gasteiger partial charge in [-0.3, -0.25) is 14.3 Å². The van der Waals surface area contributed by atoms with Crippen molar-refractivity contribution in [3.05, 3.63) is 148 Å². The average molecular weight is 652 g/mol. The molecule has 0 atom stereocenters. The summed E-state index contributed by atoms with van der Waals surface area (Å²) in [5.74, 6) is 1.02. The number of rotatable bonds is 11. The number of para-hydroxylation sites is 1. The average Bonchev–Trinajstić information content (AvgIpc) is 3.11. The maximum atomic E-state index is 14.6. The van der Waals surface area contributed by atoms with E-state index in [0.29, 0.717) is 23.6 Å². The molecule has 8 nitrogen and oxygen atoms in total. The highest BCUT2D eigenvalue weighted by Gasteiger charge is 2.23. The Morgan fingerprint density at radius 2 is 1.45 bits per heavy atom. The summed E-state index contributed by atoms with van der Waals surface area (Å²) in [7, 11) is 0. The summed E-state index contributed by atoms with van der Waals surface area (Å²) in [5, 5.41) is 6.86. The van der Waals surface area contributed by atoms with Crippen molar-refractivity contribution in [1.82, 2.24) is 14.5 Å². The van der Waals surface area contributed by atoms with Gasteiger partial charge in [0.2, 0.25) is 0 Å². The van der Waals surface area contributed by atoms with Gasteiger partial charge in [0, 0.05) is 41.6 Å². The molecule has 0 saturated heterocycles. The fourth-order valence-corrected chi connectivity index (χ4v) is 6.14. The van der Waals surface area contributed by atoms with Crippen LogP contribution in [0.3, 0.4) is 0 Å². The highest BCUT2D eigenvalue weighted by molar-refractivity contribution is 6.08. The van der Waals surface area contributed by atoms with Gasteiger partial charge >= 0.3 is 6.03 Å². The van der Waals surface area contributed by atoms with Crippen molar-refractivity contribution in [2.24, 2.45) is 0 Å². The van der Waals surface area contributed by atoms with Gasteiger partial charge in [-0.15, -0.1) is 0 Å². The molecule has 0 aliphatic carbocycles. The number of pyridine rings is 3. The molecule has 0 saturated carbocycles. The lowest BCUT2D eigenvalue weighted by molar-refractivity contribution is 0.262. The van der Waals surface area contributed by atoms with Crippen LogP contribution in [0.4, 0.5) is 16.2 Å². The number of carbonyl (C=O) groups is 1. The van der Waals surface area contributed by atoms with Gasteiger partial charge in [-0.2, -0.15) is 0 Å². The fourth-order valence-electron chi connectivity index (χ4n) is 6.14. The monoisotopic (exact) mass is 651 g/mol. The Kier molecular flexibility index (Phi) is 10.1. The second-order valence-electron chi connectivity index (χ2n) is 12.7. The smallest absolute Gasteiger partial charge is 0.323 e. The van der Waals surface area contributed by atoms with E-state index >= 15 is 0 Å². The van der Waals surface area contributed by atoms with E-state index < -0.39 is 6.03 Å². The number of benzene rings is 3. The number of urea groups is 1. The molecule has 0 bridgehead atoms. The van der Waals surface area contributed by atoms with Crippen LogP contribution >= 0.6 is 0 Å². The number of carbonyl (C=O) groups excluding carboxylic acids is 1. The van der Waals surface area contributed by atoms with Crippen molar-refractivity contribution < 1.29 is 9.53 Å². The maximum Gasteiger partial charge on any atom is 0.323 e. The molecule has 8 heteroatoms. The summed E-state index contributed by atoms with van der Waals surface area (Å²) in [4.78, 5) is 37.3. The molecular formula is C41H41N5O3. The van der Waals surface area contributed by atoms with E-state index in [4.69, 9.17) is 4.74 Å². The van der Waals surface area contributed by atoms with Gasteiger partial charge < -0.3 is 15.4 Å². The molecule has 0 spiro atoms. The van der Waals surface area contributed by atoms with E-state index in [1.807, 2.05) is 97.1 Å². The minimum atomic E-state index is -0.493. The van der Waals surface area contributed by atoms with Crippen molar-refractivity contribution in [2.45, 2.75) is 52.5 Å². The molecule has 3 aromatic carbocycles. The van der Waals surface area contributed by atoms with E-state index in [9.17, 15) is 9.59 Å². The molecule has 3 heterocycles. The maximum absolute atomic E-state index is 14.6. The minimum Gasteiger partial charge on any atom is -0.493 e. The zero-order valence-corrected chi connectivity index (χ0v) is 28.3. The van der Waals surface area contributed by atoms with Crippen molar-refractivity contribution >= 4 is 28.4 Å². The van der Waals surface area contributed by atoms with Crippen LogP contribution in [0.25, 0.3) is 22.2 Å². The van der Waals surface area contributed by atoms with E-state index in [-0.39, 0.29) is 29.6 Å².